The number of urea groups is 1. The fourth-order valence-electron chi connectivity index (χ4n) is 2.53. The zero-order valence-electron chi connectivity index (χ0n) is 11.1. The van der Waals surface area contributed by atoms with Crippen molar-refractivity contribution in [2.24, 2.45) is 17.1 Å². The lowest BCUT2D eigenvalue weighted by atomic mass is 9.85. The second-order valence-corrected chi connectivity index (χ2v) is 5.58. The third-order valence-electron chi connectivity index (χ3n) is 4.15. The molecule has 2 saturated heterocycles. The number of hydrogen-bond acceptors (Lipinski definition) is 4. The van der Waals surface area contributed by atoms with Gasteiger partial charge in [0.25, 0.3) is 0 Å². The molecule has 0 spiro atoms. The van der Waals surface area contributed by atoms with Crippen LogP contribution in [0.4, 0.5) is 4.79 Å². The van der Waals surface area contributed by atoms with Crippen LogP contribution in [0, 0.1) is 11.3 Å². The quantitative estimate of drug-likeness (QED) is 0.640. The van der Waals surface area contributed by atoms with E-state index in [-0.39, 0.29) is 19.2 Å². The fourth-order valence-corrected chi connectivity index (χ4v) is 2.53. The maximum atomic E-state index is 12.1. The molecule has 2 aliphatic rings. The Balaban J connectivity index is 1.94. The van der Waals surface area contributed by atoms with Crippen molar-refractivity contribution in [3.63, 3.8) is 0 Å². The van der Waals surface area contributed by atoms with Gasteiger partial charge < -0.3 is 25.8 Å². The lowest BCUT2D eigenvalue weighted by Crippen LogP contribution is -2.53. The minimum Gasteiger partial charge on any atom is -0.481 e. The molecule has 2 aliphatic heterocycles. The highest BCUT2D eigenvalue weighted by Gasteiger charge is 2.47. The van der Waals surface area contributed by atoms with Gasteiger partial charge in [-0.15, -0.1) is 0 Å². The number of nitrogens with two attached hydrogens (primary N) is 1. The number of aliphatic carboxylic acids is 1. The Morgan fingerprint density at radius 1 is 1.58 bits per heavy atom. The summed E-state index contributed by atoms with van der Waals surface area (Å²) in [6.45, 7) is 3.84. The Morgan fingerprint density at radius 3 is 2.89 bits per heavy atom. The minimum absolute atomic E-state index is 0.124. The molecule has 2 amide bonds. The van der Waals surface area contributed by atoms with Crippen molar-refractivity contribution in [2.45, 2.75) is 19.4 Å². The second kappa shape index (κ2) is 5.34. The van der Waals surface area contributed by atoms with E-state index in [1.54, 1.807) is 11.8 Å². The van der Waals surface area contributed by atoms with E-state index in [4.69, 9.17) is 10.5 Å². The number of nitrogens with one attached hydrogen (secondary N) is 1. The summed E-state index contributed by atoms with van der Waals surface area (Å²) in [5.41, 5.74) is 4.53. The lowest BCUT2D eigenvalue weighted by Gasteiger charge is -2.27. The average molecular weight is 271 g/mol. The van der Waals surface area contributed by atoms with Crippen LogP contribution in [0.1, 0.15) is 13.3 Å². The summed E-state index contributed by atoms with van der Waals surface area (Å²) in [6.07, 6.45) is 0.904. The summed E-state index contributed by atoms with van der Waals surface area (Å²) in [4.78, 5) is 25.1. The molecule has 108 valence electrons. The standard InChI is InChI=1S/C12H21N3O4/c1-12(10(16)17)7-19-6-9(12)14-11(18)15-3-2-8(4-13)5-15/h8-9H,2-7,13H2,1H3,(H,14,18)(H,16,17). The third-order valence-corrected chi connectivity index (χ3v) is 4.15. The molecule has 7 nitrogen and oxygen atoms in total. The molecule has 4 N–H and O–H groups in total. The molecule has 2 rings (SSSR count). The average Bonchev–Trinajstić information content (AvgIpc) is 2.97. The predicted molar refractivity (Wildman–Crippen MR) is 67.6 cm³/mol. The summed E-state index contributed by atoms with van der Waals surface area (Å²) < 4.78 is 5.21. The van der Waals surface area contributed by atoms with Crippen molar-refractivity contribution in [1.82, 2.24) is 10.2 Å². The summed E-state index contributed by atoms with van der Waals surface area (Å²) in [6, 6.07) is -0.714. The highest BCUT2D eigenvalue weighted by Crippen LogP contribution is 2.29. The predicted octanol–water partition coefficient (Wildman–Crippen LogP) is -0.534. The molecule has 2 heterocycles. The van der Waals surface area contributed by atoms with Gasteiger partial charge in [0.15, 0.2) is 0 Å². The van der Waals surface area contributed by atoms with E-state index >= 15 is 0 Å². The van der Waals surface area contributed by atoms with E-state index in [0.717, 1.165) is 6.42 Å². The number of rotatable bonds is 3. The molecule has 7 heteroatoms. The molecule has 2 fully saturated rings. The van der Waals surface area contributed by atoms with Crippen molar-refractivity contribution in [3.05, 3.63) is 0 Å². The third kappa shape index (κ3) is 2.66. The topological polar surface area (TPSA) is 105 Å². The molecular formula is C12H21N3O4. The van der Waals surface area contributed by atoms with Gasteiger partial charge in [0.2, 0.25) is 0 Å². The first-order valence-corrected chi connectivity index (χ1v) is 6.54. The smallest absolute Gasteiger partial charge is 0.317 e. The number of amides is 2. The fraction of sp³-hybridized carbons (Fsp3) is 0.833. The van der Waals surface area contributed by atoms with Crippen LogP contribution in [-0.2, 0) is 9.53 Å². The summed E-state index contributed by atoms with van der Waals surface area (Å²) in [7, 11) is 0. The first kappa shape index (κ1) is 14.1. The Morgan fingerprint density at radius 2 is 2.32 bits per heavy atom. The van der Waals surface area contributed by atoms with Crippen molar-refractivity contribution < 1.29 is 19.4 Å². The number of carbonyl (C=O) groups is 2. The molecule has 0 aliphatic carbocycles. The van der Waals surface area contributed by atoms with Crippen LogP contribution in [0.15, 0.2) is 0 Å². The van der Waals surface area contributed by atoms with Crippen LogP contribution >= 0.6 is 0 Å². The Kier molecular flexibility index (Phi) is 3.96. The van der Waals surface area contributed by atoms with Crippen LogP contribution in [0.2, 0.25) is 0 Å². The number of ether oxygens (including phenoxy) is 1. The molecule has 3 atom stereocenters. The Labute approximate surface area is 112 Å². The van der Waals surface area contributed by atoms with E-state index in [2.05, 4.69) is 5.32 Å². The number of carboxylic acid groups (broad SMARTS) is 1. The summed E-state index contributed by atoms with van der Waals surface area (Å²) >= 11 is 0. The van der Waals surface area contributed by atoms with Crippen LogP contribution in [0.3, 0.4) is 0 Å². The largest absolute Gasteiger partial charge is 0.481 e. The highest BCUT2D eigenvalue weighted by atomic mass is 16.5. The van der Waals surface area contributed by atoms with Crippen LogP contribution in [0.5, 0.6) is 0 Å². The van der Waals surface area contributed by atoms with Crippen molar-refractivity contribution in [3.8, 4) is 0 Å². The second-order valence-electron chi connectivity index (χ2n) is 5.58. The molecule has 0 aromatic carbocycles. The SMILES string of the molecule is CC1(C(=O)O)COCC1NC(=O)N1CCC(CN)C1. The number of likely N-dealkylation sites (tertiary alicyclic amines) is 1. The lowest BCUT2D eigenvalue weighted by molar-refractivity contribution is -0.148. The highest BCUT2D eigenvalue weighted by molar-refractivity contribution is 5.79. The van der Waals surface area contributed by atoms with Gasteiger partial charge in [-0.05, 0) is 25.8 Å². The van der Waals surface area contributed by atoms with Crippen molar-refractivity contribution in [1.29, 1.82) is 0 Å². The zero-order valence-corrected chi connectivity index (χ0v) is 11.1. The minimum atomic E-state index is -1.05. The number of nitrogens with zero attached hydrogens (tertiary/aromatic N) is 1. The molecular weight excluding hydrogens is 250 g/mol. The van der Waals surface area contributed by atoms with Crippen molar-refractivity contribution >= 4 is 12.0 Å². The van der Waals surface area contributed by atoms with Crippen molar-refractivity contribution in [2.75, 3.05) is 32.8 Å². The van der Waals surface area contributed by atoms with E-state index in [1.165, 1.54) is 0 Å². The molecule has 0 radical (unpaired) electrons. The van der Waals surface area contributed by atoms with Gasteiger partial charge in [-0.25, -0.2) is 4.79 Å². The maximum absolute atomic E-state index is 12.1. The van der Waals surface area contributed by atoms with Gasteiger partial charge in [0, 0.05) is 13.1 Å². The van der Waals surface area contributed by atoms with Gasteiger partial charge in [-0.2, -0.15) is 0 Å². The Bertz CT molecular complexity index is 376. The molecule has 0 aromatic rings. The monoisotopic (exact) mass is 271 g/mol. The molecule has 19 heavy (non-hydrogen) atoms. The van der Waals surface area contributed by atoms with Crippen LogP contribution in [0.25, 0.3) is 0 Å². The van der Waals surface area contributed by atoms with Gasteiger partial charge in [-0.3, -0.25) is 4.79 Å². The summed E-state index contributed by atoms with van der Waals surface area (Å²) in [5.74, 6) is -0.604. The van der Waals surface area contributed by atoms with E-state index < -0.39 is 17.4 Å². The van der Waals surface area contributed by atoms with Gasteiger partial charge in [-0.1, -0.05) is 0 Å². The molecule has 0 aromatic heterocycles. The molecule has 0 bridgehead atoms. The number of carbonyl (C=O) groups excluding carboxylic acids is 1. The van der Waals surface area contributed by atoms with E-state index in [1.807, 2.05) is 0 Å². The first-order chi connectivity index (χ1) is 8.97. The zero-order chi connectivity index (χ0) is 14.0. The first-order valence-electron chi connectivity index (χ1n) is 6.54. The maximum Gasteiger partial charge on any atom is 0.317 e. The van der Waals surface area contributed by atoms with Gasteiger partial charge in [0.1, 0.15) is 5.41 Å². The van der Waals surface area contributed by atoms with Crippen LogP contribution < -0.4 is 11.1 Å². The Hall–Kier alpha value is -1.34. The number of carboxylic acids is 1. The molecule has 0 saturated carbocycles. The number of hydrogen-bond donors (Lipinski definition) is 3. The summed E-state index contributed by atoms with van der Waals surface area (Å²) in [5, 5.41) is 12.0. The van der Waals surface area contributed by atoms with Gasteiger partial charge in [0.05, 0.1) is 19.3 Å². The normalized spacial score (nSPS) is 34.5. The van der Waals surface area contributed by atoms with Gasteiger partial charge >= 0.3 is 12.0 Å². The molecule has 3 unspecified atom stereocenters. The van der Waals surface area contributed by atoms with E-state index in [9.17, 15) is 14.7 Å². The van der Waals surface area contributed by atoms with Crippen LogP contribution in [-0.4, -0.2) is 60.9 Å². The van der Waals surface area contributed by atoms with E-state index in [0.29, 0.717) is 25.6 Å².